The zero-order chi connectivity index (χ0) is 78.4. The highest BCUT2D eigenvalue weighted by molar-refractivity contribution is 5.94. The molecule has 6 aromatic heterocycles. The maximum Gasteiger partial charge on any atom is 0.407 e. The summed E-state index contributed by atoms with van der Waals surface area (Å²) in [7, 11) is 0. The van der Waals surface area contributed by atoms with E-state index in [4.69, 9.17) is 33.4 Å². The van der Waals surface area contributed by atoms with Gasteiger partial charge in [0.05, 0.1) is 91.2 Å². The number of esters is 1. The third-order valence-electron chi connectivity index (χ3n) is 19.5. The van der Waals surface area contributed by atoms with Crippen molar-refractivity contribution in [2.24, 2.45) is 0 Å². The largest absolute Gasteiger partial charge is 0.494 e. The van der Waals surface area contributed by atoms with Crippen LogP contribution in [-0.2, 0) is 106 Å². The zero-order valence-electron chi connectivity index (χ0n) is 64.2. The normalized spacial score (nSPS) is 13.7. The molecule has 582 valence electrons. The molecule has 0 unspecified atom stereocenters. The Morgan fingerprint density at radius 1 is 0.589 bits per heavy atom. The monoisotopic (exact) mass is 1520 g/mol. The van der Waals surface area contributed by atoms with Gasteiger partial charge in [0, 0.05) is 124 Å². The number of para-hydroxylation sites is 1. The first-order valence-corrected chi connectivity index (χ1v) is 38.3. The number of nitrogens with one attached hydrogen (secondary N) is 2. The second kappa shape index (κ2) is 38.5. The number of unbranched alkanes of at least 4 members (excludes halogenated alkanes) is 1. The van der Waals surface area contributed by atoms with Gasteiger partial charge in [0.25, 0.3) is 11.5 Å². The van der Waals surface area contributed by atoms with Gasteiger partial charge < -0.3 is 53.6 Å². The minimum Gasteiger partial charge on any atom is -0.494 e. The van der Waals surface area contributed by atoms with E-state index in [9.17, 15) is 33.9 Å². The Bertz CT molecular complexity index is 4740. The number of carbonyl (C=O) groups excluding carboxylic acids is 5. The quantitative estimate of drug-likeness (QED) is 0.0184. The van der Waals surface area contributed by atoms with Gasteiger partial charge >= 0.3 is 12.1 Å². The van der Waals surface area contributed by atoms with Crippen molar-refractivity contribution in [2.45, 2.75) is 143 Å². The van der Waals surface area contributed by atoms with E-state index in [-0.39, 0.29) is 107 Å². The fraction of sp³-hybridized carbons (Fsp3) is 0.352. The van der Waals surface area contributed by atoms with Gasteiger partial charge in [-0.3, -0.25) is 48.9 Å². The van der Waals surface area contributed by atoms with Crippen LogP contribution in [0.15, 0.2) is 193 Å². The van der Waals surface area contributed by atoms with E-state index >= 15 is 0 Å². The van der Waals surface area contributed by atoms with E-state index in [1.165, 1.54) is 0 Å². The number of pyridine rings is 6. The topological polar surface area (TPSA) is 281 Å². The van der Waals surface area contributed by atoms with Crippen LogP contribution in [0.3, 0.4) is 0 Å². The first-order chi connectivity index (χ1) is 54.3. The number of carbonyl (C=O) groups is 5. The van der Waals surface area contributed by atoms with Gasteiger partial charge in [0.1, 0.15) is 28.5 Å². The molecule has 24 heteroatoms. The van der Waals surface area contributed by atoms with Crippen molar-refractivity contribution in [2.75, 3.05) is 59.3 Å². The maximum atomic E-state index is 14.9. The van der Waals surface area contributed by atoms with Crippen LogP contribution < -0.4 is 30.4 Å². The van der Waals surface area contributed by atoms with Gasteiger partial charge in [-0.1, -0.05) is 74.5 Å². The summed E-state index contributed by atoms with van der Waals surface area (Å²) in [5, 5.41) is 17.8. The van der Waals surface area contributed by atoms with Crippen LogP contribution in [0.5, 0.6) is 17.2 Å². The predicted molar refractivity (Wildman–Crippen MR) is 423 cm³/mol. The minimum atomic E-state index is -1.74. The summed E-state index contributed by atoms with van der Waals surface area (Å²) in [6.45, 7) is 15.1. The summed E-state index contributed by atoms with van der Waals surface area (Å²) in [5.74, 6) is 0.00299. The van der Waals surface area contributed by atoms with Gasteiger partial charge in [-0.25, -0.2) is 14.6 Å². The van der Waals surface area contributed by atoms with Crippen LogP contribution in [0, 0.1) is 0 Å². The van der Waals surface area contributed by atoms with Crippen LogP contribution in [0.1, 0.15) is 138 Å². The Kier molecular flexibility index (Phi) is 27.5. The first kappa shape index (κ1) is 80.1. The molecule has 7 heterocycles. The van der Waals surface area contributed by atoms with Crippen molar-refractivity contribution in [1.82, 2.24) is 54.8 Å². The molecule has 12 rings (SSSR count). The molecule has 0 spiro atoms. The van der Waals surface area contributed by atoms with E-state index in [1.807, 2.05) is 123 Å². The third kappa shape index (κ3) is 21.8. The Labute approximate surface area is 652 Å². The lowest BCUT2D eigenvalue weighted by Gasteiger charge is -2.32. The number of hydrogen-bond donors (Lipinski definition) is 3. The molecule has 3 N–H and O–H groups in total. The van der Waals surface area contributed by atoms with Gasteiger partial charge in [-0.2, -0.15) is 0 Å². The number of hydrogen-bond acceptors (Lipinski definition) is 20. The van der Waals surface area contributed by atoms with Crippen molar-refractivity contribution >= 4 is 40.6 Å². The first-order valence-electron chi connectivity index (χ1n) is 38.3. The molecule has 112 heavy (non-hydrogen) atoms. The Morgan fingerprint density at radius 2 is 1.19 bits per heavy atom. The summed E-state index contributed by atoms with van der Waals surface area (Å²) in [4.78, 5) is 111. The number of amides is 3. The molecule has 1 aliphatic heterocycles. The number of alkyl carbamates (subject to hydrolysis) is 1. The number of rotatable bonds is 38. The Balaban J connectivity index is 0.725. The van der Waals surface area contributed by atoms with Crippen molar-refractivity contribution in [3.8, 4) is 28.6 Å². The van der Waals surface area contributed by atoms with E-state index < -0.39 is 23.3 Å². The molecule has 2 aliphatic rings. The number of Topliss-reactive ketones (excluding diaryl/α,β-unsaturated/α-hetero) is 1. The molecule has 0 saturated carbocycles. The average molecular weight is 1520 g/mol. The van der Waals surface area contributed by atoms with Crippen molar-refractivity contribution < 1.29 is 57.5 Å². The van der Waals surface area contributed by atoms with Gasteiger partial charge in [-0.15, -0.1) is 0 Å². The molecule has 24 nitrogen and oxygen atoms in total. The summed E-state index contributed by atoms with van der Waals surface area (Å²) in [6, 6.07) is 51.3. The zero-order valence-corrected chi connectivity index (χ0v) is 64.2. The molecule has 10 aromatic rings. The number of aliphatic hydroxyl groups is 1. The number of benzene rings is 4. The van der Waals surface area contributed by atoms with Crippen LogP contribution >= 0.6 is 0 Å². The molecule has 1 aliphatic carbocycles. The summed E-state index contributed by atoms with van der Waals surface area (Å²) in [5.41, 5.74) is 9.31. The number of ketones is 1. The molecule has 0 radical (unpaired) electrons. The van der Waals surface area contributed by atoms with Crippen molar-refractivity contribution in [3.63, 3.8) is 0 Å². The molecule has 1 atom stereocenters. The molecule has 3 amide bonds. The molecular weight excluding hydrogens is 1420 g/mol. The Hall–Kier alpha value is -11.4. The van der Waals surface area contributed by atoms with Gasteiger partial charge in [-0.05, 0) is 178 Å². The van der Waals surface area contributed by atoms with E-state index in [0.717, 1.165) is 50.4 Å². The third-order valence-corrected chi connectivity index (χ3v) is 19.5. The lowest BCUT2D eigenvalue weighted by molar-refractivity contribution is -0.140. The molecule has 4 aromatic carbocycles. The number of aromatic nitrogens is 6. The SMILES string of the molecule is CCc1c2c(nc3ccc(OC(=O)c4ccc(CC(=O)N(CCCCOc5cc(CN(Cc6ccccn6)Cc6ccccn6)cc(CN(Cc6ccccn6)Cc6ccccn6)c5)Cc5ccccc5OCC(=O)NCCOCCOCCNC(=O)OC(C)(C)C)cc4)cc13)-c1cc3c(c(=O)n1C2)CCC(=O)[C@]3(O)CC. The van der Waals surface area contributed by atoms with E-state index in [2.05, 4.69) is 58.6 Å². The second-order valence-corrected chi connectivity index (χ2v) is 29.0. The van der Waals surface area contributed by atoms with E-state index in [0.29, 0.717) is 135 Å². The molecule has 0 fully saturated rings. The summed E-state index contributed by atoms with van der Waals surface area (Å²) >= 11 is 0. The van der Waals surface area contributed by atoms with Crippen LogP contribution in [0.25, 0.3) is 22.3 Å². The lowest BCUT2D eigenvalue weighted by atomic mass is 9.77. The van der Waals surface area contributed by atoms with Crippen LogP contribution in [0.2, 0.25) is 0 Å². The highest BCUT2D eigenvalue weighted by Crippen LogP contribution is 2.42. The number of fused-ring (bicyclic) bond motifs is 5. The molecular formula is C88H97N11O13. The van der Waals surface area contributed by atoms with Crippen LogP contribution in [0.4, 0.5) is 4.79 Å². The Morgan fingerprint density at radius 3 is 1.77 bits per heavy atom. The smallest absolute Gasteiger partial charge is 0.407 e. The predicted octanol–water partition coefficient (Wildman–Crippen LogP) is 11.8. The molecule has 0 saturated heterocycles. The second-order valence-electron chi connectivity index (χ2n) is 29.0. The van der Waals surface area contributed by atoms with E-state index in [1.54, 1.807) is 91.8 Å². The number of aryl methyl sites for hydroxylation is 1. The van der Waals surface area contributed by atoms with Gasteiger partial charge in [0.15, 0.2) is 12.4 Å². The molecule has 0 bridgehead atoms. The standard InChI is InChI=1S/C88H97N11O13/c1-6-72-74-50-70(30-32-77(74)95-83-75(72)59-99-78(83)51-76-73(84(99)103)31-33-80(100)88(76,106)7-2)111-85(104)64-28-26-61(27-29-64)49-82(102)98(54-65-20-8-9-25-79(65)110-60-81(101)93-38-42-107-44-45-108-43-39-94-86(105)112-87(3,4)5)40-18-19-41-109-71-47-62(52-96(55-66-21-10-14-34-89-66)56-67-22-11-15-35-90-67)46-63(48-71)53-97(57-68-23-12-16-36-91-68)58-69-24-13-17-37-92-69/h8-17,20-30,32,34-37,46-48,50-51,106H,6-7,18-19,31,33,38-45,49,52-60H2,1-5H3,(H,93,101)(H,94,105)/t88-/m0/s1. The number of ether oxygens (including phenoxy) is 6. The number of nitrogens with zero attached hydrogens (tertiary/aromatic N) is 9. The fourth-order valence-electron chi connectivity index (χ4n) is 14.1. The summed E-state index contributed by atoms with van der Waals surface area (Å²) < 4.78 is 37.1. The van der Waals surface area contributed by atoms with Gasteiger partial charge in [0.2, 0.25) is 5.91 Å². The lowest BCUT2D eigenvalue weighted by Crippen LogP contribution is -2.43. The maximum absolute atomic E-state index is 14.9. The highest BCUT2D eigenvalue weighted by atomic mass is 16.6. The van der Waals surface area contributed by atoms with Crippen molar-refractivity contribution in [3.05, 3.63) is 272 Å². The highest BCUT2D eigenvalue weighted by Gasteiger charge is 2.43. The minimum absolute atomic E-state index is 0.000286. The van der Waals surface area contributed by atoms with Crippen molar-refractivity contribution in [1.29, 1.82) is 0 Å². The fourth-order valence-corrected chi connectivity index (χ4v) is 14.1. The average Bonchev–Trinajstić information content (AvgIpc) is 1.61. The summed E-state index contributed by atoms with van der Waals surface area (Å²) in [6.07, 6.45) is 8.97. The van der Waals surface area contributed by atoms with Crippen LogP contribution in [-0.4, -0.2) is 144 Å².